The van der Waals surface area contributed by atoms with Crippen LogP contribution in [0.4, 0.5) is 0 Å². The molecule has 1 heterocycles. The molecular formula is C10H21N3O2. The minimum absolute atomic E-state index is 0.101. The highest BCUT2D eigenvalue weighted by Gasteiger charge is 2.29. The zero-order valence-electron chi connectivity index (χ0n) is 9.57. The zero-order valence-corrected chi connectivity index (χ0v) is 9.57. The second kappa shape index (κ2) is 5.32. The fourth-order valence-corrected chi connectivity index (χ4v) is 1.81. The summed E-state index contributed by atoms with van der Waals surface area (Å²) < 4.78 is 5.43. The van der Waals surface area contributed by atoms with Gasteiger partial charge in [0.05, 0.1) is 13.2 Å². The van der Waals surface area contributed by atoms with E-state index >= 15 is 0 Å². The second-order valence-corrected chi connectivity index (χ2v) is 4.55. The Kier molecular flexibility index (Phi) is 4.35. The van der Waals surface area contributed by atoms with Gasteiger partial charge < -0.3 is 15.7 Å². The maximum atomic E-state index is 8.40. The van der Waals surface area contributed by atoms with Crippen LogP contribution < -0.4 is 5.73 Å². The molecule has 1 aliphatic rings. The fourth-order valence-electron chi connectivity index (χ4n) is 1.81. The summed E-state index contributed by atoms with van der Waals surface area (Å²) in [6, 6.07) is 0. The van der Waals surface area contributed by atoms with Gasteiger partial charge in [0.25, 0.3) is 0 Å². The average Bonchev–Trinajstić information content (AvgIpc) is 2.20. The summed E-state index contributed by atoms with van der Waals surface area (Å²) in [6.45, 7) is 7.85. The molecule has 1 rings (SSSR count). The van der Waals surface area contributed by atoms with Crippen molar-refractivity contribution in [1.82, 2.24) is 4.90 Å². The van der Waals surface area contributed by atoms with E-state index in [2.05, 4.69) is 23.9 Å². The van der Waals surface area contributed by atoms with Gasteiger partial charge in [-0.3, -0.25) is 4.90 Å². The Labute approximate surface area is 90.9 Å². The molecule has 1 fully saturated rings. The number of rotatable bonds is 4. The Morgan fingerprint density at radius 2 is 2.33 bits per heavy atom. The topological polar surface area (TPSA) is 71.1 Å². The monoisotopic (exact) mass is 215 g/mol. The van der Waals surface area contributed by atoms with Gasteiger partial charge in [0, 0.05) is 18.5 Å². The predicted octanol–water partition coefficient (Wildman–Crippen LogP) is 0.624. The molecular weight excluding hydrogens is 194 g/mol. The molecule has 0 aliphatic carbocycles. The van der Waals surface area contributed by atoms with Gasteiger partial charge in [-0.1, -0.05) is 5.16 Å². The first kappa shape index (κ1) is 12.3. The van der Waals surface area contributed by atoms with Crippen molar-refractivity contribution in [3.8, 4) is 0 Å². The lowest BCUT2D eigenvalue weighted by atomic mass is 10.0. The molecule has 0 aromatic rings. The van der Waals surface area contributed by atoms with Crippen molar-refractivity contribution in [1.29, 1.82) is 0 Å². The van der Waals surface area contributed by atoms with Crippen molar-refractivity contribution in [3.63, 3.8) is 0 Å². The smallest absolute Gasteiger partial charge is 0.139 e. The fraction of sp³-hybridized carbons (Fsp3) is 0.900. The van der Waals surface area contributed by atoms with Crippen LogP contribution in [0.1, 0.15) is 26.7 Å². The van der Waals surface area contributed by atoms with E-state index < -0.39 is 0 Å². The molecule has 1 aliphatic heterocycles. The highest BCUT2D eigenvalue weighted by molar-refractivity contribution is 5.79. The second-order valence-electron chi connectivity index (χ2n) is 4.55. The van der Waals surface area contributed by atoms with E-state index in [1.54, 1.807) is 0 Å². The normalized spacial score (nSPS) is 22.9. The van der Waals surface area contributed by atoms with Crippen LogP contribution >= 0.6 is 0 Å². The van der Waals surface area contributed by atoms with Gasteiger partial charge in [-0.15, -0.1) is 0 Å². The molecule has 88 valence electrons. The summed E-state index contributed by atoms with van der Waals surface area (Å²) in [5.41, 5.74) is 5.51. The van der Waals surface area contributed by atoms with E-state index in [1.165, 1.54) is 0 Å². The summed E-state index contributed by atoms with van der Waals surface area (Å²) in [5, 5.41) is 11.4. The van der Waals surface area contributed by atoms with Crippen LogP contribution in [0, 0.1) is 0 Å². The third-order valence-electron chi connectivity index (χ3n) is 2.81. The van der Waals surface area contributed by atoms with Crippen LogP contribution in [0.3, 0.4) is 0 Å². The number of nitrogens with zero attached hydrogens (tertiary/aromatic N) is 2. The Morgan fingerprint density at radius 1 is 1.60 bits per heavy atom. The standard InChI is InChI=1S/C10H21N3O2/c1-10(2)8-15-7-6-13(10)5-3-4-9(11)12-14/h14H,3-8H2,1-2H3,(H2,11,12). The molecule has 0 atom stereocenters. The van der Waals surface area contributed by atoms with Crippen molar-refractivity contribution in [2.24, 2.45) is 10.9 Å². The number of ether oxygens (including phenoxy) is 1. The number of nitrogens with two attached hydrogens (primary N) is 1. The Morgan fingerprint density at radius 3 is 2.93 bits per heavy atom. The minimum atomic E-state index is 0.101. The van der Waals surface area contributed by atoms with Crippen molar-refractivity contribution >= 4 is 5.84 Å². The molecule has 1 saturated heterocycles. The summed E-state index contributed by atoms with van der Waals surface area (Å²) >= 11 is 0. The first-order valence-corrected chi connectivity index (χ1v) is 5.35. The Hall–Kier alpha value is -0.810. The van der Waals surface area contributed by atoms with E-state index in [-0.39, 0.29) is 5.54 Å². The van der Waals surface area contributed by atoms with Crippen molar-refractivity contribution in [3.05, 3.63) is 0 Å². The van der Waals surface area contributed by atoms with E-state index in [0.29, 0.717) is 12.3 Å². The van der Waals surface area contributed by atoms with Crippen LogP contribution in [0.2, 0.25) is 0 Å². The molecule has 5 nitrogen and oxygen atoms in total. The van der Waals surface area contributed by atoms with E-state index in [0.717, 1.165) is 32.7 Å². The van der Waals surface area contributed by atoms with Gasteiger partial charge in [0.1, 0.15) is 5.84 Å². The van der Waals surface area contributed by atoms with Crippen molar-refractivity contribution in [2.45, 2.75) is 32.2 Å². The quantitative estimate of drug-likeness (QED) is 0.312. The first-order chi connectivity index (χ1) is 7.06. The largest absolute Gasteiger partial charge is 0.409 e. The number of amidine groups is 1. The van der Waals surface area contributed by atoms with Gasteiger partial charge in [-0.05, 0) is 26.8 Å². The van der Waals surface area contributed by atoms with Crippen LogP contribution in [-0.2, 0) is 4.74 Å². The molecule has 0 amide bonds. The lowest BCUT2D eigenvalue weighted by molar-refractivity contribution is -0.0509. The van der Waals surface area contributed by atoms with Gasteiger partial charge in [-0.25, -0.2) is 0 Å². The predicted molar refractivity (Wildman–Crippen MR) is 59.1 cm³/mol. The molecule has 0 aromatic carbocycles. The van der Waals surface area contributed by atoms with Crippen molar-refractivity contribution < 1.29 is 9.94 Å². The minimum Gasteiger partial charge on any atom is -0.409 e. The lowest BCUT2D eigenvalue weighted by Gasteiger charge is -2.42. The highest BCUT2D eigenvalue weighted by atomic mass is 16.5. The van der Waals surface area contributed by atoms with E-state index in [1.807, 2.05) is 0 Å². The third-order valence-corrected chi connectivity index (χ3v) is 2.81. The SMILES string of the molecule is CC1(C)COCCN1CCCC(N)=NO. The van der Waals surface area contributed by atoms with E-state index in [9.17, 15) is 0 Å². The molecule has 0 radical (unpaired) electrons. The van der Waals surface area contributed by atoms with Gasteiger partial charge >= 0.3 is 0 Å². The summed E-state index contributed by atoms with van der Waals surface area (Å²) in [7, 11) is 0. The molecule has 0 aromatic heterocycles. The lowest BCUT2D eigenvalue weighted by Crippen LogP contribution is -2.53. The first-order valence-electron chi connectivity index (χ1n) is 5.35. The molecule has 0 unspecified atom stereocenters. The number of morpholine rings is 1. The van der Waals surface area contributed by atoms with Gasteiger partial charge in [0.15, 0.2) is 0 Å². The maximum absolute atomic E-state index is 8.40. The van der Waals surface area contributed by atoms with Gasteiger partial charge in [0.2, 0.25) is 0 Å². The Bertz CT molecular complexity index is 229. The zero-order chi connectivity index (χ0) is 11.3. The molecule has 0 bridgehead atoms. The maximum Gasteiger partial charge on any atom is 0.139 e. The average molecular weight is 215 g/mol. The highest BCUT2D eigenvalue weighted by Crippen LogP contribution is 2.19. The molecule has 3 N–H and O–H groups in total. The molecule has 5 heteroatoms. The van der Waals surface area contributed by atoms with E-state index in [4.69, 9.17) is 15.7 Å². The number of oxime groups is 1. The number of hydrogen-bond donors (Lipinski definition) is 2. The molecule has 15 heavy (non-hydrogen) atoms. The third kappa shape index (κ3) is 3.68. The summed E-state index contributed by atoms with van der Waals surface area (Å²) in [5.74, 6) is 0.307. The van der Waals surface area contributed by atoms with Crippen molar-refractivity contribution in [2.75, 3.05) is 26.3 Å². The number of hydrogen-bond acceptors (Lipinski definition) is 4. The molecule has 0 spiro atoms. The van der Waals surface area contributed by atoms with Gasteiger partial charge in [-0.2, -0.15) is 0 Å². The van der Waals surface area contributed by atoms with Crippen LogP contribution in [0.25, 0.3) is 0 Å². The Balaban J connectivity index is 2.30. The van der Waals surface area contributed by atoms with Crippen LogP contribution in [0.15, 0.2) is 5.16 Å². The molecule has 0 saturated carbocycles. The summed E-state index contributed by atoms with van der Waals surface area (Å²) in [4.78, 5) is 2.39. The van der Waals surface area contributed by atoms with Crippen LogP contribution in [-0.4, -0.2) is 47.8 Å². The summed E-state index contributed by atoms with van der Waals surface area (Å²) in [6.07, 6.45) is 1.56. The van der Waals surface area contributed by atoms with Crippen LogP contribution in [0.5, 0.6) is 0 Å².